The molecule has 0 unspecified atom stereocenters. The van der Waals surface area contributed by atoms with E-state index in [0.717, 1.165) is 26.5 Å². The number of nitrogens with one attached hydrogen (secondary N) is 1. The Morgan fingerprint density at radius 2 is 2.04 bits per heavy atom. The van der Waals surface area contributed by atoms with Crippen molar-refractivity contribution >= 4 is 33.1 Å². The fourth-order valence-corrected chi connectivity index (χ4v) is 3.56. The first-order valence-corrected chi connectivity index (χ1v) is 8.78. The molecular formula is C19H16N4OS. The molecule has 2 aromatic carbocycles. The second-order valence-corrected chi connectivity index (χ2v) is 6.75. The first kappa shape index (κ1) is 15.5. The maximum atomic E-state index is 12.4. The number of nitrogens with zero attached hydrogens (tertiary/aromatic N) is 3. The number of para-hydroxylation sites is 1. The van der Waals surface area contributed by atoms with Crippen molar-refractivity contribution in [3.8, 4) is 10.6 Å². The van der Waals surface area contributed by atoms with E-state index >= 15 is 0 Å². The molecule has 0 aliphatic carbocycles. The van der Waals surface area contributed by atoms with Crippen molar-refractivity contribution in [2.45, 2.75) is 13.0 Å². The quantitative estimate of drug-likeness (QED) is 0.596. The van der Waals surface area contributed by atoms with E-state index in [4.69, 9.17) is 0 Å². The molecule has 0 saturated carbocycles. The van der Waals surface area contributed by atoms with Gasteiger partial charge in [-0.05, 0) is 37.3 Å². The largest absolute Gasteiger partial charge is 0.324 e. The molecule has 4 rings (SSSR count). The summed E-state index contributed by atoms with van der Waals surface area (Å²) in [6.45, 7) is 1.82. The first-order chi connectivity index (χ1) is 12.2. The Bertz CT molecular complexity index is 990. The molecule has 0 spiro atoms. The first-order valence-electron chi connectivity index (χ1n) is 7.97. The van der Waals surface area contributed by atoms with Crippen molar-refractivity contribution in [2.24, 2.45) is 0 Å². The highest BCUT2D eigenvalue weighted by Crippen LogP contribution is 2.31. The second-order valence-electron chi connectivity index (χ2n) is 5.72. The van der Waals surface area contributed by atoms with Crippen LogP contribution < -0.4 is 5.32 Å². The lowest BCUT2D eigenvalue weighted by molar-refractivity contribution is -0.119. The third-order valence-corrected chi connectivity index (χ3v) is 5.06. The van der Waals surface area contributed by atoms with E-state index in [1.165, 1.54) is 0 Å². The van der Waals surface area contributed by atoms with Crippen molar-refractivity contribution in [1.29, 1.82) is 0 Å². The van der Waals surface area contributed by atoms with Gasteiger partial charge in [0, 0.05) is 23.6 Å². The molecule has 2 aromatic heterocycles. The van der Waals surface area contributed by atoms with Crippen molar-refractivity contribution in [1.82, 2.24) is 14.8 Å². The highest BCUT2D eigenvalue weighted by molar-refractivity contribution is 7.21. The Hall–Kier alpha value is -2.99. The predicted octanol–water partition coefficient (Wildman–Crippen LogP) is 4.36. The van der Waals surface area contributed by atoms with Crippen LogP contribution in [0.5, 0.6) is 0 Å². The fourth-order valence-electron chi connectivity index (χ4n) is 2.60. The van der Waals surface area contributed by atoms with E-state index < -0.39 is 0 Å². The number of carbonyl (C=O) groups excluding carboxylic acids is 1. The molecule has 1 amide bonds. The zero-order chi connectivity index (χ0) is 17.2. The Labute approximate surface area is 149 Å². The number of carbonyl (C=O) groups is 1. The minimum Gasteiger partial charge on any atom is -0.324 e. The average Bonchev–Trinajstić information content (AvgIpc) is 3.30. The van der Waals surface area contributed by atoms with Crippen molar-refractivity contribution in [3.05, 3.63) is 67.0 Å². The van der Waals surface area contributed by atoms with Crippen LogP contribution in [0.25, 0.3) is 20.8 Å². The number of benzene rings is 2. The summed E-state index contributed by atoms with van der Waals surface area (Å²) in [5.41, 5.74) is 2.73. The summed E-state index contributed by atoms with van der Waals surface area (Å²) >= 11 is 1.64. The normalized spacial score (nSPS) is 12.2. The smallest absolute Gasteiger partial charge is 0.248 e. The molecule has 124 valence electrons. The van der Waals surface area contributed by atoms with E-state index in [1.54, 1.807) is 34.5 Å². The van der Waals surface area contributed by atoms with Crippen LogP contribution in [0.15, 0.2) is 67.0 Å². The summed E-state index contributed by atoms with van der Waals surface area (Å²) in [5.74, 6) is -0.106. The number of aromatic nitrogens is 3. The van der Waals surface area contributed by atoms with Gasteiger partial charge in [0.1, 0.15) is 11.0 Å². The lowest BCUT2D eigenvalue weighted by Gasteiger charge is -2.13. The molecule has 0 aliphatic heterocycles. The van der Waals surface area contributed by atoms with Gasteiger partial charge in [-0.3, -0.25) is 9.48 Å². The van der Waals surface area contributed by atoms with E-state index in [0.29, 0.717) is 0 Å². The molecule has 2 heterocycles. The van der Waals surface area contributed by atoms with Crippen LogP contribution in [0.1, 0.15) is 13.0 Å². The topological polar surface area (TPSA) is 59.8 Å². The minimum absolute atomic E-state index is 0.106. The van der Waals surface area contributed by atoms with Crippen LogP contribution in [0.3, 0.4) is 0 Å². The zero-order valence-electron chi connectivity index (χ0n) is 13.6. The van der Waals surface area contributed by atoms with Crippen molar-refractivity contribution < 1.29 is 4.79 Å². The number of anilines is 1. The molecule has 1 atom stereocenters. The van der Waals surface area contributed by atoms with Crippen molar-refractivity contribution in [3.63, 3.8) is 0 Å². The maximum absolute atomic E-state index is 12.4. The summed E-state index contributed by atoms with van der Waals surface area (Å²) in [4.78, 5) is 17.1. The van der Waals surface area contributed by atoms with Gasteiger partial charge in [-0.15, -0.1) is 11.3 Å². The molecule has 4 aromatic rings. The molecule has 25 heavy (non-hydrogen) atoms. The second kappa shape index (κ2) is 6.49. The Balaban J connectivity index is 1.58. The minimum atomic E-state index is -0.374. The van der Waals surface area contributed by atoms with Gasteiger partial charge in [0.15, 0.2) is 0 Å². The van der Waals surface area contributed by atoms with Gasteiger partial charge in [-0.25, -0.2) is 4.98 Å². The van der Waals surface area contributed by atoms with Gasteiger partial charge in [-0.1, -0.05) is 24.3 Å². The van der Waals surface area contributed by atoms with E-state index in [9.17, 15) is 4.79 Å². The van der Waals surface area contributed by atoms with Gasteiger partial charge in [0.25, 0.3) is 0 Å². The van der Waals surface area contributed by atoms with Crippen LogP contribution in [0.4, 0.5) is 5.69 Å². The molecule has 0 aliphatic rings. The third-order valence-electron chi connectivity index (χ3n) is 3.97. The summed E-state index contributed by atoms with van der Waals surface area (Å²) in [5, 5.41) is 8.01. The Kier molecular flexibility index (Phi) is 4.03. The third kappa shape index (κ3) is 3.16. The summed E-state index contributed by atoms with van der Waals surface area (Å²) in [6.07, 6.45) is 3.44. The molecule has 0 fully saturated rings. The summed E-state index contributed by atoms with van der Waals surface area (Å²) in [6, 6.07) is 17.3. The van der Waals surface area contributed by atoms with Gasteiger partial charge < -0.3 is 5.32 Å². The molecular weight excluding hydrogens is 332 g/mol. The van der Waals surface area contributed by atoms with Crippen LogP contribution in [0.2, 0.25) is 0 Å². The number of fused-ring (bicyclic) bond motifs is 1. The molecule has 5 nitrogen and oxygen atoms in total. The lowest BCUT2D eigenvalue weighted by atomic mass is 10.2. The van der Waals surface area contributed by atoms with E-state index in [1.807, 2.05) is 49.4 Å². The van der Waals surface area contributed by atoms with E-state index in [2.05, 4.69) is 21.5 Å². The fraction of sp³-hybridized carbons (Fsp3) is 0.105. The van der Waals surface area contributed by atoms with Gasteiger partial charge in [-0.2, -0.15) is 5.10 Å². The zero-order valence-corrected chi connectivity index (χ0v) is 14.4. The molecule has 0 saturated heterocycles. The Morgan fingerprint density at radius 1 is 1.16 bits per heavy atom. The molecule has 0 radical (unpaired) electrons. The van der Waals surface area contributed by atoms with Crippen molar-refractivity contribution in [2.75, 3.05) is 5.32 Å². The van der Waals surface area contributed by atoms with Gasteiger partial charge >= 0.3 is 0 Å². The monoisotopic (exact) mass is 348 g/mol. The SMILES string of the molecule is C[C@H](C(=O)Nc1cccc(-c2nc3ccccc3s2)c1)n1cccn1. The number of amides is 1. The summed E-state index contributed by atoms with van der Waals surface area (Å²) in [7, 11) is 0. The van der Waals surface area contributed by atoms with Gasteiger partial charge in [0.05, 0.1) is 10.2 Å². The molecule has 6 heteroatoms. The van der Waals surface area contributed by atoms with Crippen LogP contribution in [0, 0.1) is 0 Å². The number of thiazole rings is 1. The van der Waals surface area contributed by atoms with E-state index in [-0.39, 0.29) is 11.9 Å². The number of hydrogen-bond donors (Lipinski definition) is 1. The predicted molar refractivity (Wildman–Crippen MR) is 101 cm³/mol. The maximum Gasteiger partial charge on any atom is 0.248 e. The highest BCUT2D eigenvalue weighted by atomic mass is 32.1. The Morgan fingerprint density at radius 3 is 2.84 bits per heavy atom. The average molecular weight is 348 g/mol. The number of hydrogen-bond acceptors (Lipinski definition) is 4. The summed E-state index contributed by atoms with van der Waals surface area (Å²) < 4.78 is 2.78. The number of rotatable bonds is 4. The standard InChI is InChI=1S/C19H16N4OS/c1-13(23-11-5-10-20-23)18(24)21-15-7-4-6-14(12-15)19-22-16-8-2-3-9-17(16)25-19/h2-13H,1H3,(H,21,24)/t13-/m1/s1. The highest BCUT2D eigenvalue weighted by Gasteiger charge is 2.15. The van der Waals surface area contributed by atoms with Crippen LogP contribution >= 0.6 is 11.3 Å². The molecule has 1 N–H and O–H groups in total. The molecule has 0 bridgehead atoms. The van der Waals surface area contributed by atoms with Gasteiger partial charge in [0.2, 0.25) is 5.91 Å². The lowest BCUT2D eigenvalue weighted by Crippen LogP contribution is -2.23. The van der Waals surface area contributed by atoms with Crippen LogP contribution in [-0.2, 0) is 4.79 Å². The van der Waals surface area contributed by atoms with Crippen LogP contribution in [-0.4, -0.2) is 20.7 Å².